The third-order valence-electron chi connectivity index (χ3n) is 3.08. The molecule has 5 nitrogen and oxygen atoms in total. The van der Waals surface area contributed by atoms with Crippen LogP contribution >= 0.6 is 24.0 Å². The molecule has 0 atom stereocenters. The Hall–Kier alpha value is -1.70. The standard InChI is InChI=1S/C12H9N3O2S2/c1-14-7-5-3-2-4-6(7)8(10(14)16)9-11(17)15(13)12(18)19-9/h2-5H,13H2,1H3. The normalized spacial score (nSPS) is 22.5. The Balaban J connectivity index is 2.24. The van der Waals surface area contributed by atoms with E-state index in [1.807, 2.05) is 24.3 Å². The van der Waals surface area contributed by atoms with Gasteiger partial charge in [0.05, 0.1) is 16.2 Å². The first-order valence-electron chi connectivity index (χ1n) is 5.45. The maximum atomic E-state index is 12.3. The summed E-state index contributed by atoms with van der Waals surface area (Å²) < 4.78 is 0.257. The quantitative estimate of drug-likeness (QED) is 0.336. The van der Waals surface area contributed by atoms with Gasteiger partial charge < -0.3 is 4.90 Å². The lowest BCUT2D eigenvalue weighted by Crippen LogP contribution is -2.35. The average molecular weight is 291 g/mol. The van der Waals surface area contributed by atoms with Gasteiger partial charge in [-0.2, -0.15) is 0 Å². The van der Waals surface area contributed by atoms with E-state index in [1.165, 1.54) is 4.90 Å². The van der Waals surface area contributed by atoms with Crippen molar-refractivity contribution in [2.24, 2.45) is 5.84 Å². The molecule has 1 fully saturated rings. The molecule has 0 radical (unpaired) electrons. The molecular formula is C12H9N3O2S2. The Morgan fingerprint density at radius 2 is 1.89 bits per heavy atom. The van der Waals surface area contributed by atoms with Crippen LogP contribution in [0.2, 0.25) is 0 Å². The number of carbonyl (C=O) groups is 2. The van der Waals surface area contributed by atoms with Crippen molar-refractivity contribution < 1.29 is 9.59 Å². The number of hydrogen-bond donors (Lipinski definition) is 1. The highest BCUT2D eigenvalue weighted by molar-refractivity contribution is 8.26. The highest BCUT2D eigenvalue weighted by Crippen LogP contribution is 2.43. The van der Waals surface area contributed by atoms with E-state index in [-0.39, 0.29) is 10.2 Å². The van der Waals surface area contributed by atoms with Crippen LogP contribution in [0.25, 0.3) is 5.57 Å². The van der Waals surface area contributed by atoms with Crippen LogP contribution in [0.3, 0.4) is 0 Å². The van der Waals surface area contributed by atoms with E-state index < -0.39 is 5.91 Å². The third kappa shape index (κ3) is 1.62. The molecule has 2 aliphatic heterocycles. The molecule has 1 saturated heterocycles. The Morgan fingerprint density at radius 1 is 1.21 bits per heavy atom. The molecule has 3 rings (SSSR count). The maximum absolute atomic E-state index is 12.3. The molecule has 2 N–H and O–H groups in total. The number of amides is 2. The van der Waals surface area contributed by atoms with Crippen LogP contribution in [0, 0.1) is 0 Å². The smallest absolute Gasteiger partial charge is 0.281 e. The summed E-state index contributed by atoms with van der Waals surface area (Å²) in [6.45, 7) is 0. The van der Waals surface area contributed by atoms with Crippen LogP contribution in [-0.4, -0.2) is 28.2 Å². The summed E-state index contributed by atoms with van der Waals surface area (Å²) in [4.78, 5) is 26.2. The Bertz CT molecular complexity index is 669. The molecule has 1 aromatic rings. The zero-order valence-electron chi connectivity index (χ0n) is 9.91. The van der Waals surface area contributed by atoms with E-state index in [9.17, 15) is 9.59 Å². The minimum atomic E-state index is -0.427. The molecule has 1 aromatic carbocycles. The van der Waals surface area contributed by atoms with Gasteiger partial charge in [-0.05, 0) is 6.07 Å². The van der Waals surface area contributed by atoms with E-state index in [4.69, 9.17) is 18.1 Å². The van der Waals surface area contributed by atoms with Gasteiger partial charge in [0.15, 0.2) is 4.32 Å². The second-order valence-electron chi connectivity index (χ2n) is 4.13. The Labute approximate surface area is 119 Å². The van der Waals surface area contributed by atoms with Crippen LogP contribution < -0.4 is 10.7 Å². The van der Waals surface area contributed by atoms with Crippen LogP contribution in [0.1, 0.15) is 5.56 Å². The second kappa shape index (κ2) is 4.16. The molecule has 96 valence electrons. The molecule has 0 bridgehead atoms. The molecule has 7 heteroatoms. The predicted octanol–water partition coefficient (Wildman–Crippen LogP) is 1.11. The second-order valence-corrected chi connectivity index (χ2v) is 5.77. The summed E-state index contributed by atoms with van der Waals surface area (Å²) in [6, 6.07) is 7.33. The van der Waals surface area contributed by atoms with Crippen LogP contribution in [0.15, 0.2) is 29.2 Å². The van der Waals surface area contributed by atoms with Gasteiger partial charge in [0.1, 0.15) is 0 Å². The molecular weight excluding hydrogens is 282 g/mol. The molecule has 0 aliphatic carbocycles. The molecule has 2 heterocycles. The number of para-hydroxylation sites is 1. The van der Waals surface area contributed by atoms with E-state index >= 15 is 0 Å². The zero-order chi connectivity index (χ0) is 13.7. The fourth-order valence-electron chi connectivity index (χ4n) is 2.12. The molecule has 0 unspecified atom stereocenters. The Morgan fingerprint density at radius 3 is 2.53 bits per heavy atom. The van der Waals surface area contributed by atoms with Crippen LogP contribution in [-0.2, 0) is 9.59 Å². The third-order valence-corrected chi connectivity index (χ3v) is 4.48. The van der Waals surface area contributed by atoms with Crippen molar-refractivity contribution in [3.8, 4) is 0 Å². The van der Waals surface area contributed by atoms with Gasteiger partial charge >= 0.3 is 0 Å². The molecule has 0 aromatic heterocycles. The lowest BCUT2D eigenvalue weighted by molar-refractivity contribution is -0.122. The molecule has 2 aliphatic rings. The van der Waals surface area contributed by atoms with Crippen LogP contribution in [0.5, 0.6) is 0 Å². The van der Waals surface area contributed by atoms with E-state index in [0.717, 1.165) is 28.0 Å². The maximum Gasteiger partial charge on any atom is 0.281 e. The summed E-state index contributed by atoms with van der Waals surface area (Å²) in [5.41, 5.74) is 1.90. The van der Waals surface area contributed by atoms with Crippen molar-refractivity contribution in [1.82, 2.24) is 5.01 Å². The number of rotatable bonds is 0. The molecule has 0 spiro atoms. The first-order valence-corrected chi connectivity index (χ1v) is 6.67. The predicted molar refractivity (Wildman–Crippen MR) is 78.0 cm³/mol. The zero-order valence-corrected chi connectivity index (χ0v) is 11.5. The topological polar surface area (TPSA) is 66.6 Å². The summed E-state index contributed by atoms with van der Waals surface area (Å²) in [7, 11) is 1.68. The first-order chi connectivity index (χ1) is 9.02. The number of anilines is 1. The Kier molecular flexibility index (Phi) is 2.70. The van der Waals surface area contributed by atoms with Gasteiger partial charge in [-0.1, -0.05) is 42.2 Å². The van der Waals surface area contributed by atoms with E-state index in [2.05, 4.69) is 0 Å². The summed E-state index contributed by atoms with van der Waals surface area (Å²) in [5, 5.41) is 0.899. The van der Waals surface area contributed by atoms with Gasteiger partial charge in [-0.3, -0.25) is 9.59 Å². The van der Waals surface area contributed by atoms with Gasteiger partial charge in [-0.15, -0.1) is 0 Å². The molecule has 2 amide bonds. The van der Waals surface area contributed by atoms with E-state index in [0.29, 0.717) is 10.5 Å². The van der Waals surface area contributed by atoms with Crippen molar-refractivity contribution >= 4 is 51.4 Å². The number of hydrazine groups is 1. The van der Waals surface area contributed by atoms with Gasteiger partial charge in [-0.25, -0.2) is 10.9 Å². The summed E-state index contributed by atoms with van der Waals surface area (Å²) >= 11 is 6.05. The van der Waals surface area contributed by atoms with Gasteiger partial charge in [0, 0.05) is 12.6 Å². The fraction of sp³-hybridized carbons (Fsp3) is 0.0833. The fourth-order valence-corrected chi connectivity index (χ4v) is 3.29. The number of fused-ring (bicyclic) bond motifs is 1. The average Bonchev–Trinajstić information content (AvgIpc) is 2.80. The number of nitrogens with zero attached hydrogens (tertiary/aromatic N) is 2. The minimum absolute atomic E-state index is 0.213. The van der Waals surface area contributed by atoms with Crippen molar-refractivity contribution in [2.45, 2.75) is 0 Å². The number of carbonyl (C=O) groups excluding carboxylic acids is 2. The van der Waals surface area contributed by atoms with Crippen molar-refractivity contribution in [1.29, 1.82) is 0 Å². The number of nitrogens with two attached hydrogens (primary N) is 1. The number of likely N-dealkylation sites (N-methyl/N-ethyl adjacent to an activating group) is 1. The SMILES string of the molecule is CN1C(=O)C(=C2SC(=S)N(N)C2=O)c2ccccc21. The van der Waals surface area contributed by atoms with Gasteiger partial charge in [0.25, 0.3) is 11.8 Å². The lowest BCUT2D eigenvalue weighted by atomic mass is 10.1. The van der Waals surface area contributed by atoms with Crippen molar-refractivity contribution in [3.05, 3.63) is 34.7 Å². The van der Waals surface area contributed by atoms with Gasteiger partial charge in [0.2, 0.25) is 0 Å². The first kappa shape index (κ1) is 12.3. The lowest BCUT2D eigenvalue weighted by Gasteiger charge is -2.08. The monoisotopic (exact) mass is 291 g/mol. The number of thioether (sulfide) groups is 1. The number of thiocarbonyl (C=S) groups is 1. The number of hydrogen-bond acceptors (Lipinski definition) is 5. The van der Waals surface area contributed by atoms with Crippen molar-refractivity contribution in [3.63, 3.8) is 0 Å². The summed E-state index contributed by atoms with van der Waals surface area (Å²) in [5.74, 6) is 4.90. The molecule has 0 saturated carbocycles. The highest BCUT2D eigenvalue weighted by Gasteiger charge is 2.39. The highest BCUT2D eigenvalue weighted by atomic mass is 32.2. The molecule has 19 heavy (non-hydrogen) atoms. The summed E-state index contributed by atoms with van der Waals surface area (Å²) in [6.07, 6.45) is 0. The van der Waals surface area contributed by atoms with Crippen LogP contribution in [0.4, 0.5) is 5.69 Å². The van der Waals surface area contributed by atoms with E-state index in [1.54, 1.807) is 7.05 Å². The van der Waals surface area contributed by atoms with Crippen molar-refractivity contribution in [2.75, 3.05) is 11.9 Å². The minimum Gasteiger partial charge on any atom is -0.311 e. The largest absolute Gasteiger partial charge is 0.311 e. The number of benzene rings is 1.